The quantitative estimate of drug-likeness (QED) is 0.582. The van der Waals surface area contributed by atoms with Gasteiger partial charge in [0.05, 0.1) is 17.2 Å². The Morgan fingerprint density at radius 2 is 1.79 bits per heavy atom. The lowest BCUT2D eigenvalue weighted by Gasteiger charge is -2.14. The van der Waals surface area contributed by atoms with Crippen molar-refractivity contribution in [2.75, 3.05) is 11.5 Å². The first-order valence-electron chi connectivity index (χ1n) is 7.66. The van der Waals surface area contributed by atoms with Gasteiger partial charge in [0.1, 0.15) is 5.75 Å². The number of thioether (sulfide) groups is 1. The Labute approximate surface area is 151 Å². The fourth-order valence-corrected chi connectivity index (χ4v) is 3.66. The molecule has 24 heavy (non-hydrogen) atoms. The number of anilines is 1. The number of rotatable bonds is 4. The van der Waals surface area contributed by atoms with Crippen molar-refractivity contribution in [3.8, 4) is 5.75 Å². The van der Waals surface area contributed by atoms with E-state index in [4.69, 9.17) is 17.0 Å². The molecule has 1 amide bonds. The van der Waals surface area contributed by atoms with Crippen molar-refractivity contribution < 1.29 is 9.53 Å². The van der Waals surface area contributed by atoms with Gasteiger partial charge in [0.15, 0.2) is 4.32 Å². The highest BCUT2D eigenvalue weighted by molar-refractivity contribution is 8.27. The van der Waals surface area contributed by atoms with Crippen LogP contribution in [0.2, 0.25) is 0 Å². The Morgan fingerprint density at radius 3 is 2.42 bits per heavy atom. The van der Waals surface area contributed by atoms with E-state index in [1.54, 1.807) is 4.90 Å². The number of thiocarbonyl (C=S) groups is 1. The van der Waals surface area contributed by atoms with Crippen molar-refractivity contribution in [3.63, 3.8) is 0 Å². The molecule has 122 valence electrons. The van der Waals surface area contributed by atoms with Crippen LogP contribution in [0.25, 0.3) is 6.08 Å². The van der Waals surface area contributed by atoms with Crippen LogP contribution < -0.4 is 9.64 Å². The van der Waals surface area contributed by atoms with Gasteiger partial charge in [-0.05, 0) is 49.8 Å². The Morgan fingerprint density at radius 1 is 1.12 bits per heavy atom. The number of amides is 1. The number of nitrogens with zero attached hydrogens (tertiary/aromatic N) is 1. The summed E-state index contributed by atoms with van der Waals surface area (Å²) in [4.78, 5) is 14.9. The molecule has 0 saturated carbocycles. The summed E-state index contributed by atoms with van der Waals surface area (Å²) in [6, 6.07) is 15.5. The molecule has 0 unspecified atom stereocenters. The Bertz CT molecular complexity index is 795. The zero-order valence-electron chi connectivity index (χ0n) is 13.5. The van der Waals surface area contributed by atoms with E-state index < -0.39 is 0 Å². The number of benzene rings is 2. The molecule has 2 aromatic rings. The third-order valence-electron chi connectivity index (χ3n) is 3.57. The monoisotopic (exact) mass is 355 g/mol. The lowest BCUT2D eigenvalue weighted by Crippen LogP contribution is -2.27. The molecule has 3 rings (SSSR count). The molecular formula is C19H17NO2S2. The van der Waals surface area contributed by atoms with Gasteiger partial charge in [0, 0.05) is 0 Å². The van der Waals surface area contributed by atoms with E-state index in [9.17, 15) is 4.79 Å². The molecule has 1 saturated heterocycles. The molecule has 0 aliphatic carbocycles. The molecule has 2 aromatic carbocycles. The second kappa shape index (κ2) is 7.20. The average Bonchev–Trinajstić information content (AvgIpc) is 2.85. The fraction of sp³-hybridized carbons (Fsp3) is 0.158. The maximum atomic E-state index is 12.7. The van der Waals surface area contributed by atoms with Gasteiger partial charge in [-0.1, -0.05) is 53.8 Å². The lowest BCUT2D eigenvalue weighted by molar-refractivity contribution is -0.113. The standard InChI is InChI=1S/C19H17NO2S2/c1-3-22-16-10-6-14(7-11-16)12-17-18(21)20(19(23)24-17)15-8-4-13(2)5-9-15/h4-12H,3H2,1-2H3/b17-12+. The van der Waals surface area contributed by atoms with Crippen LogP contribution in [-0.2, 0) is 4.79 Å². The Hall–Kier alpha value is -2.11. The molecule has 5 heteroatoms. The van der Waals surface area contributed by atoms with Gasteiger partial charge >= 0.3 is 0 Å². The maximum Gasteiger partial charge on any atom is 0.270 e. The van der Waals surface area contributed by atoms with Crippen molar-refractivity contribution in [2.45, 2.75) is 13.8 Å². The number of hydrogen-bond donors (Lipinski definition) is 0. The predicted octanol–water partition coefficient (Wildman–Crippen LogP) is 4.80. The van der Waals surface area contributed by atoms with Crippen LogP contribution in [0.15, 0.2) is 53.4 Å². The molecule has 1 heterocycles. The van der Waals surface area contributed by atoms with Gasteiger partial charge in [-0.3, -0.25) is 9.69 Å². The first kappa shape index (κ1) is 16.7. The van der Waals surface area contributed by atoms with E-state index in [1.165, 1.54) is 11.8 Å². The minimum Gasteiger partial charge on any atom is -0.494 e. The van der Waals surface area contributed by atoms with Crippen LogP contribution in [0.1, 0.15) is 18.1 Å². The minimum atomic E-state index is -0.0808. The molecule has 3 nitrogen and oxygen atoms in total. The van der Waals surface area contributed by atoms with Crippen LogP contribution in [0, 0.1) is 6.92 Å². The maximum absolute atomic E-state index is 12.7. The lowest BCUT2D eigenvalue weighted by atomic mass is 10.2. The first-order chi connectivity index (χ1) is 11.6. The largest absolute Gasteiger partial charge is 0.494 e. The number of aryl methyl sites for hydroxylation is 1. The second-order valence-corrected chi connectivity index (χ2v) is 7.03. The fourth-order valence-electron chi connectivity index (χ4n) is 2.36. The summed E-state index contributed by atoms with van der Waals surface area (Å²) in [5.74, 6) is 0.740. The summed E-state index contributed by atoms with van der Waals surface area (Å²) in [5.41, 5.74) is 2.90. The predicted molar refractivity (Wildman–Crippen MR) is 104 cm³/mol. The van der Waals surface area contributed by atoms with E-state index in [1.807, 2.05) is 68.5 Å². The zero-order valence-corrected chi connectivity index (χ0v) is 15.1. The molecular weight excluding hydrogens is 338 g/mol. The second-order valence-electron chi connectivity index (χ2n) is 5.35. The molecule has 0 N–H and O–H groups in total. The summed E-state index contributed by atoms with van der Waals surface area (Å²) in [7, 11) is 0. The molecule has 0 bridgehead atoms. The third-order valence-corrected chi connectivity index (χ3v) is 4.88. The number of ether oxygens (including phenoxy) is 1. The molecule has 0 spiro atoms. The highest BCUT2D eigenvalue weighted by atomic mass is 32.2. The molecule has 1 fully saturated rings. The molecule has 0 aromatic heterocycles. The minimum absolute atomic E-state index is 0.0808. The summed E-state index contributed by atoms with van der Waals surface area (Å²) in [6.07, 6.45) is 1.86. The van der Waals surface area contributed by atoms with Crippen molar-refractivity contribution in [1.29, 1.82) is 0 Å². The van der Waals surface area contributed by atoms with E-state index in [0.29, 0.717) is 15.8 Å². The molecule has 0 atom stereocenters. The van der Waals surface area contributed by atoms with E-state index in [0.717, 1.165) is 22.6 Å². The summed E-state index contributed by atoms with van der Waals surface area (Å²) >= 11 is 6.72. The zero-order chi connectivity index (χ0) is 17.1. The van der Waals surface area contributed by atoms with Crippen molar-refractivity contribution in [1.82, 2.24) is 0 Å². The molecule has 1 aliphatic rings. The van der Waals surface area contributed by atoms with Crippen molar-refractivity contribution in [3.05, 3.63) is 64.6 Å². The van der Waals surface area contributed by atoms with Gasteiger partial charge in [-0.25, -0.2) is 0 Å². The van der Waals surface area contributed by atoms with Crippen molar-refractivity contribution >= 4 is 46.0 Å². The van der Waals surface area contributed by atoms with E-state index >= 15 is 0 Å². The summed E-state index contributed by atoms with van der Waals surface area (Å²) in [5, 5.41) is 0. The highest BCUT2D eigenvalue weighted by Gasteiger charge is 2.33. The number of hydrogen-bond acceptors (Lipinski definition) is 4. The van der Waals surface area contributed by atoms with Crippen LogP contribution in [0.5, 0.6) is 5.75 Å². The molecule has 0 radical (unpaired) electrons. The smallest absolute Gasteiger partial charge is 0.270 e. The third kappa shape index (κ3) is 3.52. The topological polar surface area (TPSA) is 29.5 Å². The van der Waals surface area contributed by atoms with Gasteiger partial charge in [-0.15, -0.1) is 0 Å². The van der Waals surface area contributed by atoms with E-state index in [-0.39, 0.29) is 5.91 Å². The molecule has 1 aliphatic heterocycles. The normalized spacial score (nSPS) is 16.1. The SMILES string of the molecule is CCOc1ccc(/C=C2/SC(=S)N(c3ccc(C)cc3)C2=O)cc1. The summed E-state index contributed by atoms with van der Waals surface area (Å²) < 4.78 is 5.99. The van der Waals surface area contributed by atoms with Gasteiger partial charge in [0.25, 0.3) is 5.91 Å². The average molecular weight is 355 g/mol. The van der Waals surface area contributed by atoms with Gasteiger partial charge in [-0.2, -0.15) is 0 Å². The van der Waals surface area contributed by atoms with E-state index in [2.05, 4.69) is 0 Å². The highest BCUT2D eigenvalue weighted by Crippen LogP contribution is 2.36. The Kier molecular flexibility index (Phi) is 5.02. The number of carbonyl (C=O) groups is 1. The van der Waals surface area contributed by atoms with Crippen LogP contribution in [0.3, 0.4) is 0 Å². The van der Waals surface area contributed by atoms with Crippen LogP contribution in [0.4, 0.5) is 5.69 Å². The van der Waals surface area contributed by atoms with Crippen LogP contribution >= 0.6 is 24.0 Å². The van der Waals surface area contributed by atoms with Gasteiger partial charge < -0.3 is 4.74 Å². The van der Waals surface area contributed by atoms with Gasteiger partial charge in [0.2, 0.25) is 0 Å². The van der Waals surface area contributed by atoms with Crippen LogP contribution in [-0.4, -0.2) is 16.8 Å². The Balaban J connectivity index is 1.83. The summed E-state index contributed by atoms with van der Waals surface area (Å²) in [6.45, 7) is 4.60. The number of carbonyl (C=O) groups excluding carboxylic acids is 1. The first-order valence-corrected chi connectivity index (χ1v) is 8.88. The van der Waals surface area contributed by atoms with Crippen molar-refractivity contribution in [2.24, 2.45) is 0 Å².